The Morgan fingerprint density at radius 2 is 2.00 bits per heavy atom. The van der Waals surface area contributed by atoms with Crippen molar-refractivity contribution in [3.8, 4) is 0 Å². The highest BCUT2D eigenvalue weighted by Gasteiger charge is 2.39. The molecule has 1 unspecified atom stereocenters. The van der Waals surface area contributed by atoms with E-state index >= 15 is 0 Å². The van der Waals surface area contributed by atoms with Crippen LogP contribution in [0.1, 0.15) is 45.4 Å². The fraction of sp³-hybridized carbons (Fsp3) is 0.917. The van der Waals surface area contributed by atoms with Crippen molar-refractivity contribution in [1.82, 2.24) is 0 Å². The Morgan fingerprint density at radius 3 is 2.57 bits per heavy atom. The summed E-state index contributed by atoms with van der Waals surface area (Å²) in [5.41, 5.74) is -0.0172. The molecule has 2 aliphatic rings. The zero-order chi connectivity index (χ0) is 10.0. The Morgan fingerprint density at radius 1 is 1.29 bits per heavy atom. The predicted octanol–water partition coefficient (Wildman–Crippen LogP) is 2.56. The zero-order valence-corrected chi connectivity index (χ0v) is 9.05. The molecule has 2 rings (SSSR count). The number of hydrogen-bond donors (Lipinski definition) is 0. The van der Waals surface area contributed by atoms with Gasteiger partial charge in [-0.1, -0.05) is 26.2 Å². The molecule has 0 aromatic carbocycles. The van der Waals surface area contributed by atoms with Crippen molar-refractivity contribution >= 4 is 5.78 Å². The normalized spacial score (nSPS) is 31.6. The lowest BCUT2D eigenvalue weighted by atomic mass is 9.69. The van der Waals surface area contributed by atoms with Crippen LogP contribution in [0.2, 0.25) is 0 Å². The van der Waals surface area contributed by atoms with Crippen molar-refractivity contribution in [3.05, 3.63) is 0 Å². The van der Waals surface area contributed by atoms with Crippen LogP contribution in [0.15, 0.2) is 0 Å². The van der Waals surface area contributed by atoms with Crippen LogP contribution in [0, 0.1) is 11.3 Å². The summed E-state index contributed by atoms with van der Waals surface area (Å²) in [6.45, 7) is 3.62. The maximum absolute atomic E-state index is 12.2. The van der Waals surface area contributed by atoms with Gasteiger partial charge in [0.1, 0.15) is 5.78 Å². The summed E-state index contributed by atoms with van der Waals surface area (Å²) < 4.78 is 5.29. The highest BCUT2D eigenvalue weighted by atomic mass is 16.5. The third-order valence-corrected chi connectivity index (χ3v) is 3.85. The van der Waals surface area contributed by atoms with E-state index in [0.29, 0.717) is 12.4 Å². The van der Waals surface area contributed by atoms with Crippen molar-refractivity contribution < 1.29 is 9.53 Å². The number of ether oxygens (including phenoxy) is 1. The van der Waals surface area contributed by atoms with E-state index in [4.69, 9.17) is 4.74 Å². The van der Waals surface area contributed by atoms with Gasteiger partial charge in [0.15, 0.2) is 0 Å². The van der Waals surface area contributed by atoms with Gasteiger partial charge in [-0.2, -0.15) is 0 Å². The van der Waals surface area contributed by atoms with Gasteiger partial charge in [-0.3, -0.25) is 4.79 Å². The lowest BCUT2D eigenvalue weighted by molar-refractivity contribution is -0.133. The third-order valence-electron chi connectivity index (χ3n) is 3.85. The fourth-order valence-corrected chi connectivity index (χ4v) is 2.81. The Hall–Kier alpha value is -0.370. The average Bonchev–Trinajstić information content (AvgIpc) is 2.70. The van der Waals surface area contributed by atoms with Crippen molar-refractivity contribution in [2.75, 3.05) is 13.2 Å². The summed E-state index contributed by atoms with van der Waals surface area (Å²) in [7, 11) is 0. The minimum Gasteiger partial charge on any atom is -0.381 e. The first-order chi connectivity index (χ1) is 6.72. The van der Waals surface area contributed by atoms with Crippen LogP contribution in [0.5, 0.6) is 0 Å². The molecule has 14 heavy (non-hydrogen) atoms. The van der Waals surface area contributed by atoms with Gasteiger partial charge in [-0.25, -0.2) is 0 Å². The van der Waals surface area contributed by atoms with E-state index in [2.05, 4.69) is 6.92 Å². The summed E-state index contributed by atoms with van der Waals surface area (Å²) in [5, 5.41) is 0. The Kier molecular flexibility index (Phi) is 2.91. The van der Waals surface area contributed by atoms with Crippen molar-refractivity contribution in [1.29, 1.82) is 0 Å². The smallest absolute Gasteiger partial charge is 0.144 e. The Balaban J connectivity index is 2.00. The van der Waals surface area contributed by atoms with E-state index in [9.17, 15) is 4.79 Å². The number of carbonyl (C=O) groups excluding carboxylic acids is 1. The first-order valence-corrected chi connectivity index (χ1v) is 5.84. The summed E-state index contributed by atoms with van der Waals surface area (Å²) in [6.07, 6.45) is 6.93. The fourth-order valence-electron chi connectivity index (χ4n) is 2.81. The minimum absolute atomic E-state index is 0.0172. The standard InChI is InChI=1S/C12H20O2/c1-12(6-3-2-4-7-12)11(13)10-5-8-14-9-10/h10H,2-9H2,1H3. The van der Waals surface area contributed by atoms with Crippen LogP contribution < -0.4 is 0 Å². The molecule has 1 saturated heterocycles. The lowest BCUT2D eigenvalue weighted by Gasteiger charge is -2.33. The van der Waals surface area contributed by atoms with Gasteiger partial charge in [-0.05, 0) is 19.3 Å². The molecular formula is C12H20O2. The highest BCUT2D eigenvalue weighted by Crippen LogP contribution is 2.39. The molecule has 1 aliphatic heterocycles. The molecule has 1 saturated carbocycles. The van der Waals surface area contributed by atoms with E-state index in [1.165, 1.54) is 19.3 Å². The van der Waals surface area contributed by atoms with Crippen LogP contribution >= 0.6 is 0 Å². The maximum Gasteiger partial charge on any atom is 0.144 e. The van der Waals surface area contributed by atoms with Gasteiger partial charge in [0.2, 0.25) is 0 Å². The SMILES string of the molecule is CC1(C(=O)C2CCOC2)CCCCC1. The number of rotatable bonds is 2. The van der Waals surface area contributed by atoms with E-state index < -0.39 is 0 Å². The molecule has 0 bridgehead atoms. The van der Waals surface area contributed by atoms with Gasteiger partial charge in [0, 0.05) is 17.9 Å². The Bertz CT molecular complexity index is 210. The molecule has 1 heterocycles. The van der Waals surface area contributed by atoms with Crippen molar-refractivity contribution in [3.63, 3.8) is 0 Å². The van der Waals surface area contributed by atoms with Crippen molar-refractivity contribution in [2.45, 2.75) is 45.4 Å². The molecule has 0 N–H and O–H groups in total. The number of ketones is 1. The lowest BCUT2D eigenvalue weighted by Crippen LogP contribution is -2.35. The zero-order valence-electron chi connectivity index (χ0n) is 9.05. The number of carbonyl (C=O) groups is 1. The highest BCUT2D eigenvalue weighted by molar-refractivity contribution is 5.87. The molecule has 2 heteroatoms. The van der Waals surface area contributed by atoms with E-state index in [1.807, 2.05) is 0 Å². The van der Waals surface area contributed by atoms with Crippen LogP contribution in [-0.2, 0) is 9.53 Å². The molecular weight excluding hydrogens is 176 g/mol. The van der Waals surface area contributed by atoms with E-state index in [-0.39, 0.29) is 11.3 Å². The monoisotopic (exact) mass is 196 g/mol. The largest absolute Gasteiger partial charge is 0.381 e. The molecule has 1 atom stereocenters. The van der Waals surface area contributed by atoms with Crippen molar-refractivity contribution in [2.24, 2.45) is 11.3 Å². The molecule has 0 amide bonds. The van der Waals surface area contributed by atoms with E-state index in [1.54, 1.807) is 0 Å². The van der Waals surface area contributed by atoms with Crippen LogP contribution in [0.25, 0.3) is 0 Å². The van der Waals surface area contributed by atoms with Gasteiger partial charge in [-0.15, -0.1) is 0 Å². The topological polar surface area (TPSA) is 26.3 Å². The van der Waals surface area contributed by atoms with E-state index in [0.717, 1.165) is 25.9 Å². The van der Waals surface area contributed by atoms with Gasteiger partial charge in [0.25, 0.3) is 0 Å². The van der Waals surface area contributed by atoms with Crippen LogP contribution in [-0.4, -0.2) is 19.0 Å². The molecule has 80 valence electrons. The molecule has 2 nitrogen and oxygen atoms in total. The quantitative estimate of drug-likeness (QED) is 0.678. The molecule has 0 aromatic heterocycles. The minimum atomic E-state index is -0.0172. The Labute approximate surface area is 86.0 Å². The molecule has 2 fully saturated rings. The molecule has 0 aromatic rings. The van der Waals surface area contributed by atoms with Crippen LogP contribution in [0.4, 0.5) is 0 Å². The van der Waals surface area contributed by atoms with Gasteiger partial charge < -0.3 is 4.74 Å². The molecule has 0 spiro atoms. The second kappa shape index (κ2) is 4.01. The molecule has 0 radical (unpaired) electrons. The third kappa shape index (κ3) is 1.85. The van der Waals surface area contributed by atoms with Gasteiger partial charge >= 0.3 is 0 Å². The summed E-state index contributed by atoms with van der Waals surface area (Å²) in [5.74, 6) is 0.688. The number of Topliss-reactive ketones (excluding diaryl/α,β-unsaturated/α-hetero) is 1. The summed E-state index contributed by atoms with van der Waals surface area (Å²) in [6, 6.07) is 0. The summed E-state index contributed by atoms with van der Waals surface area (Å²) >= 11 is 0. The number of hydrogen-bond acceptors (Lipinski definition) is 2. The maximum atomic E-state index is 12.2. The first kappa shape index (κ1) is 10.2. The second-order valence-corrected chi connectivity index (χ2v) is 5.05. The first-order valence-electron chi connectivity index (χ1n) is 5.84. The average molecular weight is 196 g/mol. The van der Waals surface area contributed by atoms with Gasteiger partial charge in [0.05, 0.1) is 6.61 Å². The predicted molar refractivity (Wildman–Crippen MR) is 55.1 cm³/mol. The van der Waals surface area contributed by atoms with Crippen LogP contribution in [0.3, 0.4) is 0 Å². The molecule has 1 aliphatic carbocycles. The second-order valence-electron chi connectivity index (χ2n) is 5.05. The summed E-state index contributed by atoms with van der Waals surface area (Å²) in [4.78, 5) is 12.2.